The molecule has 0 aromatic heterocycles. The molecule has 0 aliphatic rings. The van der Waals surface area contributed by atoms with Crippen molar-refractivity contribution in [3.05, 3.63) is 28.2 Å². The van der Waals surface area contributed by atoms with Crippen LogP contribution in [0.2, 0.25) is 0 Å². The van der Waals surface area contributed by atoms with E-state index in [4.69, 9.17) is 4.74 Å². The molecule has 0 saturated carbocycles. The number of hydrazone groups is 1. The fourth-order valence-corrected chi connectivity index (χ4v) is 1.63. The first kappa shape index (κ1) is 13.7. The summed E-state index contributed by atoms with van der Waals surface area (Å²) < 4.78 is 6.36. The fraction of sp³-hybridized carbons (Fsp3) is 0.333. The zero-order valence-corrected chi connectivity index (χ0v) is 11.5. The van der Waals surface area contributed by atoms with Crippen LogP contribution in [0.25, 0.3) is 0 Å². The number of benzene rings is 1. The molecular weight excluding hydrogens is 284 g/mol. The number of hydrogen-bond acceptors (Lipinski definition) is 3. The van der Waals surface area contributed by atoms with Gasteiger partial charge in [-0.3, -0.25) is 4.79 Å². The lowest BCUT2D eigenvalue weighted by Gasteiger charge is -2.08. The van der Waals surface area contributed by atoms with Crippen LogP contribution < -0.4 is 10.2 Å². The maximum atomic E-state index is 11.3. The Bertz CT molecular complexity index is 419. The largest absolute Gasteiger partial charge is 0.483 e. The summed E-state index contributed by atoms with van der Waals surface area (Å²) in [4.78, 5) is 11.3. The van der Waals surface area contributed by atoms with Crippen LogP contribution in [0, 0.1) is 6.92 Å². The number of hydrogen-bond donors (Lipinski definition) is 1. The van der Waals surface area contributed by atoms with Crippen LogP contribution in [0.15, 0.2) is 27.8 Å². The van der Waals surface area contributed by atoms with E-state index in [1.807, 2.05) is 32.0 Å². The summed E-state index contributed by atoms with van der Waals surface area (Å²) in [5.41, 5.74) is 3.36. The van der Waals surface area contributed by atoms with Crippen LogP contribution in [0.1, 0.15) is 18.9 Å². The lowest BCUT2D eigenvalue weighted by Crippen LogP contribution is -2.24. The Kier molecular flexibility index (Phi) is 5.69. The normalized spacial score (nSPS) is 10.5. The second kappa shape index (κ2) is 7.06. The molecule has 1 aromatic carbocycles. The first-order valence-electron chi connectivity index (χ1n) is 5.32. The zero-order chi connectivity index (χ0) is 12.7. The fourth-order valence-electron chi connectivity index (χ4n) is 1.16. The van der Waals surface area contributed by atoms with Gasteiger partial charge in [-0.2, -0.15) is 5.10 Å². The number of carbonyl (C=O) groups is 1. The molecular formula is C12H15BrN2O2. The number of carbonyl (C=O) groups excluding carboxylic acids is 1. The van der Waals surface area contributed by atoms with Crippen molar-refractivity contribution in [2.75, 3.05) is 6.61 Å². The van der Waals surface area contributed by atoms with Gasteiger partial charge in [0.05, 0.1) is 0 Å². The highest BCUT2D eigenvalue weighted by Crippen LogP contribution is 2.21. The number of nitrogens with zero attached hydrogens (tertiary/aromatic N) is 1. The first-order valence-corrected chi connectivity index (χ1v) is 6.12. The van der Waals surface area contributed by atoms with Crippen LogP contribution in [-0.4, -0.2) is 18.7 Å². The summed E-state index contributed by atoms with van der Waals surface area (Å²) in [6.07, 6.45) is 2.41. The molecule has 0 saturated heterocycles. The molecule has 0 spiro atoms. The average molecular weight is 299 g/mol. The van der Waals surface area contributed by atoms with E-state index in [2.05, 4.69) is 26.5 Å². The number of ether oxygens (including phenoxy) is 1. The molecule has 0 fully saturated rings. The van der Waals surface area contributed by atoms with E-state index in [0.717, 1.165) is 16.5 Å². The molecule has 0 aliphatic carbocycles. The summed E-state index contributed by atoms with van der Waals surface area (Å²) in [5.74, 6) is 0.430. The van der Waals surface area contributed by atoms with E-state index in [1.54, 1.807) is 6.21 Å². The molecule has 4 nitrogen and oxygen atoms in total. The summed E-state index contributed by atoms with van der Waals surface area (Å²) in [6.45, 7) is 3.83. The topological polar surface area (TPSA) is 50.7 Å². The molecule has 17 heavy (non-hydrogen) atoms. The van der Waals surface area contributed by atoms with Gasteiger partial charge in [-0.25, -0.2) is 5.43 Å². The third-order valence-corrected chi connectivity index (χ3v) is 2.45. The lowest BCUT2D eigenvalue weighted by molar-refractivity contribution is -0.123. The van der Waals surface area contributed by atoms with Crippen molar-refractivity contribution in [2.45, 2.75) is 20.3 Å². The molecule has 1 aromatic rings. The standard InChI is InChI=1S/C12H15BrN2O2/c1-3-6-14-15-12(16)8-17-11-5-4-10(13)7-9(11)2/h4-7H,3,8H2,1-2H3,(H,15,16)/b14-6+. The van der Waals surface area contributed by atoms with E-state index in [1.165, 1.54) is 0 Å². The molecule has 0 atom stereocenters. The summed E-state index contributed by atoms with van der Waals surface area (Å²) in [5, 5.41) is 3.73. The number of amides is 1. The minimum atomic E-state index is -0.267. The maximum Gasteiger partial charge on any atom is 0.277 e. The Morgan fingerprint density at radius 2 is 2.35 bits per heavy atom. The Morgan fingerprint density at radius 3 is 3.00 bits per heavy atom. The minimum Gasteiger partial charge on any atom is -0.483 e. The molecule has 92 valence electrons. The van der Waals surface area contributed by atoms with E-state index < -0.39 is 0 Å². The van der Waals surface area contributed by atoms with Crippen molar-refractivity contribution < 1.29 is 9.53 Å². The first-order chi connectivity index (χ1) is 8.13. The van der Waals surface area contributed by atoms with Gasteiger partial charge >= 0.3 is 0 Å². The van der Waals surface area contributed by atoms with E-state index in [0.29, 0.717) is 5.75 Å². The van der Waals surface area contributed by atoms with Crippen LogP contribution in [0.4, 0.5) is 0 Å². The molecule has 5 heteroatoms. The Labute approximate surface area is 109 Å². The predicted octanol–water partition coefficient (Wildman–Crippen LogP) is 2.65. The second-order valence-corrected chi connectivity index (χ2v) is 4.37. The van der Waals surface area contributed by atoms with Crippen LogP contribution in [-0.2, 0) is 4.79 Å². The van der Waals surface area contributed by atoms with E-state index >= 15 is 0 Å². The van der Waals surface area contributed by atoms with Crippen LogP contribution in [0.3, 0.4) is 0 Å². The quantitative estimate of drug-likeness (QED) is 0.671. The maximum absolute atomic E-state index is 11.3. The monoisotopic (exact) mass is 298 g/mol. The minimum absolute atomic E-state index is 0.0382. The van der Waals surface area contributed by atoms with Crippen molar-refractivity contribution in [1.29, 1.82) is 0 Å². The van der Waals surface area contributed by atoms with Gasteiger partial charge in [-0.1, -0.05) is 22.9 Å². The van der Waals surface area contributed by atoms with Gasteiger partial charge in [0, 0.05) is 10.7 Å². The highest BCUT2D eigenvalue weighted by molar-refractivity contribution is 9.10. The second-order valence-electron chi connectivity index (χ2n) is 3.45. The molecule has 1 rings (SSSR count). The van der Waals surface area contributed by atoms with Gasteiger partial charge in [0.2, 0.25) is 0 Å². The van der Waals surface area contributed by atoms with Crippen molar-refractivity contribution in [2.24, 2.45) is 5.10 Å². The zero-order valence-electron chi connectivity index (χ0n) is 9.87. The van der Waals surface area contributed by atoms with Crippen molar-refractivity contribution in [3.8, 4) is 5.75 Å². The molecule has 0 heterocycles. The molecule has 1 amide bonds. The average Bonchev–Trinajstić information content (AvgIpc) is 2.28. The molecule has 0 radical (unpaired) electrons. The highest BCUT2D eigenvalue weighted by Gasteiger charge is 2.04. The summed E-state index contributed by atoms with van der Waals surface area (Å²) in [6, 6.07) is 5.62. The Morgan fingerprint density at radius 1 is 1.59 bits per heavy atom. The SMILES string of the molecule is CC/C=N/NC(=O)COc1ccc(Br)cc1C. The number of halogens is 1. The number of aryl methyl sites for hydroxylation is 1. The van der Waals surface area contributed by atoms with Crippen molar-refractivity contribution in [1.82, 2.24) is 5.43 Å². The van der Waals surface area contributed by atoms with E-state index in [9.17, 15) is 4.79 Å². The molecule has 1 N–H and O–H groups in total. The smallest absolute Gasteiger partial charge is 0.277 e. The van der Waals surface area contributed by atoms with Crippen molar-refractivity contribution in [3.63, 3.8) is 0 Å². The molecule has 0 aliphatic heterocycles. The third kappa shape index (κ3) is 4.99. The Balaban J connectivity index is 2.44. The molecule has 0 unspecified atom stereocenters. The van der Waals surface area contributed by atoms with Crippen LogP contribution in [0.5, 0.6) is 5.75 Å². The van der Waals surface area contributed by atoms with Gasteiger partial charge in [-0.05, 0) is 37.1 Å². The summed E-state index contributed by atoms with van der Waals surface area (Å²) in [7, 11) is 0. The highest BCUT2D eigenvalue weighted by atomic mass is 79.9. The third-order valence-electron chi connectivity index (χ3n) is 1.96. The number of rotatable bonds is 5. The van der Waals surface area contributed by atoms with E-state index in [-0.39, 0.29) is 12.5 Å². The van der Waals surface area contributed by atoms with Gasteiger partial charge < -0.3 is 4.74 Å². The number of nitrogens with one attached hydrogen (secondary N) is 1. The Hall–Kier alpha value is -1.36. The predicted molar refractivity (Wildman–Crippen MR) is 71.3 cm³/mol. The van der Waals surface area contributed by atoms with Crippen molar-refractivity contribution >= 4 is 28.1 Å². The molecule has 0 bridgehead atoms. The van der Waals surface area contributed by atoms with Crippen LogP contribution >= 0.6 is 15.9 Å². The van der Waals surface area contributed by atoms with Gasteiger partial charge in [0.15, 0.2) is 6.61 Å². The summed E-state index contributed by atoms with van der Waals surface area (Å²) >= 11 is 3.36. The lowest BCUT2D eigenvalue weighted by atomic mass is 10.2. The van der Waals surface area contributed by atoms with Gasteiger partial charge in [0.25, 0.3) is 5.91 Å². The van der Waals surface area contributed by atoms with Gasteiger partial charge in [0.1, 0.15) is 5.75 Å². The van der Waals surface area contributed by atoms with Gasteiger partial charge in [-0.15, -0.1) is 0 Å².